The molecule has 0 amide bonds. The van der Waals surface area contributed by atoms with Crippen LogP contribution in [0.25, 0.3) is 0 Å². The van der Waals surface area contributed by atoms with E-state index in [1.54, 1.807) is 0 Å². The van der Waals surface area contributed by atoms with Gasteiger partial charge in [0.05, 0.1) is 10.0 Å². The zero-order valence-electron chi connectivity index (χ0n) is 16.0. The van der Waals surface area contributed by atoms with Crippen LogP contribution in [0.15, 0.2) is 36.4 Å². The van der Waals surface area contributed by atoms with Gasteiger partial charge in [-0.1, -0.05) is 67.4 Å². The van der Waals surface area contributed by atoms with Crippen LogP contribution in [0.5, 0.6) is 0 Å². The molecular formula is C23H29Cl2N. The highest BCUT2D eigenvalue weighted by Gasteiger charge is 2.21. The molecule has 0 saturated heterocycles. The molecule has 0 spiro atoms. The van der Waals surface area contributed by atoms with E-state index < -0.39 is 0 Å². The van der Waals surface area contributed by atoms with Crippen molar-refractivity contribution in [1.82, 2.24) is 5.32 Å². The molecule has 1 aliphatic carbocycles. The molecule has 0 saturated carbocycles. The van der Waals surface area contributed by atoms with Crippen LogP contribution in [-0.4, -0.2) is 6.04 Å². The average Bonchev–Trinajstić information content (AvgIpc) is 2.64. The first kappa shape index (κ1) is 19.7. The van der Waals surface area contributed by atoms with Gasteiger partial charge in [-0.05, 0) is 72.8 Å². The molecule has 3 rings (SSSR count). The third-order valence-electron chi connectivity index (χ3n) is 5.78. The summed E-state index contributed by atoms with van der Waals surface area (Å²) in [7, 11) is 0. The fourth-order valence-electron chi connectivity index (χ4n) is 3.67. The normalized spacial score (nSPS) is 18.0. The Morgan fingerprint density at radius 3 is 2.38 bits per heavy atom. The average molecular weight is 390 g/mol. The first-order valence-corrected chi connectivity index (χ1v) is 10.5. The van der Waals surface area contributed by atoms with E-state index in [0.29, 0.717) is 22.9 Å². The SMILES string of the molecule is CC(C)C(C)NCc1ccc(CC2CCc3c(ccc(Cl)c3Cl)C2)cc1. The van der Waals surface area contributed by atoms with Crippen molar-refractivity contribution in [1.29, 1.82) is 0 Å². The molecule has 140 valence electrons. The Hall–Kier alpha value is -1.02. The van der Waals surface area contributed by atoms with Crippen molar-refractivity contribution in [3.05, 3.63) is 68.7 Å². The van der Waals surface area contributed by atoms with Crippen LogP contribution in [0.1, 0.15) is 49.4 Å². The summed E-state index contributed by atoms with van der Waals surface area (Å²) in [5, 5.41) is 5.04. The van der Waals surface area contributed by atoms with Gasteiger partial charge >= 0.3 is 0 Å². The number of halogens is 2. The molecule has 2 aromatic rings. The maximum atomic E-state index is 6.37. The molecule has 26 heavy (non-hydrogen) atoms. The number of hydrogen-bond acceptors (Lipinski definition) is 1. The summed E-state index contributed by atoms with van der Waals surface area (Å²) in [6, 6.07) is 13.7. The minimum atomic E-state index is 0.539. The Balaban J connectivity index is 1.57. The van der Waals surface area contributed by atoms with E-state index in [9.17, 15) is 0 Å². The third-order valence-corrected chi connectivity index (χ3v) is 6.62. The smallest absolute Gasteiger partial charge is 0.0627 e. The lowest BCUT2D eigenvalue weighted by atomic mass is 9.81. The molecule has 2 unspecified atom stereocenters. The Labute approximate surface area is 168 Å². The number of nitrogens with one attached hydrogen (secondary N) is 1. The molecular weight excluding hydrogens is 361 g/mol. The van der Waals surface area contributed by atoms with Crippen molar-refractivity contribution in [2.24, 2.45) is 11.8 Å². The molecule has 1 nitrogen and oxygen atoms in total. The lowest BCUT2D eigenvalue weighted by Gasteiger charge is -2.26. The van der Waals surface area contributed by atoms with Gasteiger partial charge in [-0.25, -0.2) is 0 Å². The van der Waals surface area contributed by atoms with Crippen LogP contribution < -0.4 is 5.32 Å². The monoisotopic (exact) mass is 389 g/mol. The molecule has 0 aliphatic heterocycles. The van der Waals surface area contributed by atoms with Gasteiger partial charge in [-0.15, -0.1) is 0 Å². The van der Waals surface area contributed by atoms with Gasteiger partial charge in [-0.3, -0.25) is 0 Å². The maximum Gasteiger partial charge on any atom is 0.0627 e. The highest BCUT2D eigenvalue weighted by atomic mass is 35.5. The Morgan fingerprint density at radius 1 is 1.00 bits per heavy atom. The van der Waals surface area contributed by atoms with Crippen LogP contribution in [0.2, 0.25) is 10.0 Å². The van der Waals surface area contributed by atoms with Gasteiger partial charge in [0.1, 0.15) is 0 Å². The molecule has 2 aromatic carbocycles. The number of rotatable bonds is 6. The third kappa shape index (κ3) is 4.82. The van der Waals surface area contributed by atoms with Gasteiger partial charge < -0.3 is 5.32 Å². The van der Waals surface area contributed by atoms with E-state index in [0.717, 1.165) is 30.8 Å². The summed E-state index contributed by atoms with van der Waals surface area (Å²) in [6.45, 7) is 7.70. The van der Waals surface area contributed by atoms with Crippen molar-refractivity contribution in [3.8, 4) is 0 Å². The predicted octanol–water partition coefficient (Wildman–Crippen LogP) is 6.48. The molecule has 0 bridgehead atoms. The van der Waals surface area contributed by atoms with Crippen molar-refractivity contribution >= 4 is 23.2 Å². The summed E-state index contributed by atoms with van der Waals surface area (Å²) >= 11 is 12.5. The molecule has 1 aliphatic rings. The lowest BCUT2D eigenvalue weighted by Crippen LogP contribution is -2.30. The van der Waals surface area contributed by atoms with Gasteiger partial charge in [0.15, 0.2) is 0 Å². The minimum absolute atomic E-state index is 0.539. The van der Waals surface area contributed by atoms with Crippen LogP contribution in [0.4, 0.5) is 0 Å². The standard InChI is InChI=1S/C23H29Cl2N/c1-15(2)16(3)26-14-18-6-4-17(5-7-18)12-19-8-10-21-20(13-19)9-11-22(24)23(21)25/h4-7,9,11,15-16,19,26H,8,10,12-14H2,1-3H3. The van der Waals surface area contributed by atoms with Gasteiger partial charge in [0, 0.05) is 12.6 Å². The van der Waals surface area contributed by atoms with Crippen LogP contribution in [0.3, 0.4) is 0 Å². The Bertz CT molecular complexity index is 737. The van der Waals surface area contributed by atoms with E-state index in [-0.39, 0.29) is 0 Å². The zero-order chi connectivity index (χ0) is 18.7. The van der Waals surface area contributed by atoms with Crippen molar-refractivity contribution < 1.29 is 0 Å². The molecule has 0 radical (unpaired) electrons. The highest BCUT2D eigenvalue weighted by molar-refractivity contribution is 6.42. The number of hydrogen-bond donors (Lipinski definition) is 1. The maximum absolute atomic E-state index is 6.37. The highest BCUT2D eigenvalue weighted by Crippen LogP contribution is 2.36. The van der Waals surface area contributed by atoms with Gasteiger partial charge in [0.2, 0.25) is 0 Å². The van der Waals surface area contributed by atoms with Crippen LogP contribution in [0, 0.1) is 11.8 Å². The predicted molar refractivity (Wildman–Crippen MR) is 113 cm³/mol. The molecule has 0 fully saturated rings. The summed E-state index contributed by atoms with van der Waals surface area (Å²) in [4.78, 5) is 0. The van der Waals surface area contributed by atoms with Crippen molar-refractivity contribution in [2.75, 3.05) is 0 Å². The number of benzene rings is 2. The molecule has 2 atom stereocenters. The first-order chi connectivity index (χ1) is 12.4. The number of fused-ring (bicyclic) bond motifs is 1. The van der Waals surface area contributed by atoms with Crippen LogP contribution in [-0.2, 0) is 25.8 Å². The summed E-state index contributed by atoms with van der Waals surface area (Å²) in [6.07, 6.45) is 4.45. The van der Waals surface area contributed by atoms with Crippen molar-refractivity contribution in [2.45, 2.75) is 59.0 Å². The van der Waals surface area contributed by atoms with Gasteiger partial charge in [0.25, 0.3) is 0 Å². The second-order valence-corrected chi connectivity index (χ2v) is 8.83. The fourth-order valence-corrected chi connectivity index (χ4v) is 4.13. The van der Waals surface area contributed by atoms with E-state index >= 15 is 0 Å². The summed E-state index contributed by atoms with van der Waals surface area (Å²) < 4.78 is 0. The Morgan fingerprint density at radius 2 is 1.69 bits per heavy atom. The van der Waals surface area contributed by atoms with Crippen molar-refractivity contribution in [3.63, 3.8) is 0 Å². The summed E-state index contributed by atoms with van der Waals surface area (Å²) in [5.41, 5.74) is 5.42. The fraction of sp³-hybridized carbons (Fsp3) is 0.478. The first-order valence-electron chi connectivity index (χ1n) is 9.71. The molecule has 0 aromatic heterocycles. The van der Waals surface area contributed by atoms with E-state index in [1.165, 1.54) is 28.7 Å². The van der Waals surface area contributed by atoms with Gasteiger partial charge in [-0.2, -0.15) is 0 Å². The largest absolute Gasteiger partial charge is 0.310 e. The topological polar surface area (TPSA) is 12.0 Å². The molecule has 3 heteroatoms. The second-order valence-electron chi connectivity index (χ2n) is 8.04. The molecule has 0 heterocycles. The van der Waals surface area contributed by atoms with E-state index in [1.807, 2.05) is 6.07 Å². The van der Waals surface area contributed by atoms with E-state index in [2.05, 4.69) is 56.4 Å². The molecule has 1 N–H and O–H groups in total. The zero-order valence-corrected chi connectivity index (χ0v) is 17.5. The Kier molecular flexibility index (Phi) is 6.66. The van der Waals surface area contributed by atoms with E-state index in [4.69, 9.17) is 23.2 Å². The quantitative estimate of drug-likeness (QED) is 0.596. The minimum Gasteiger partial charge on any atom is -0.310 e. The second kappa shape index (κ2) is 8.78. The summed E-state index contributed by atoms with van der Waals surface area (Å²) in [5.74, 6) is 1.34. The van der Waals surface area contributed by atoms with Crippen LogP contribution >= 0.6 is 23.2 Å². The lowest BCUT2D eigenvalue weighted by molar-refractivity contribution is 0.426.